The van der Waals surface area contributed by atoms with Crippen LogP contribution in [0, 0.1) is 11.8 Å². The van der Waals surface area contributed by atoms with Crippen molar-refractivity contribution in [3.8, 4) is 0 Å². The first-order valence-corrected chi connectivity index (χ1v) is 13.0. The van der Waals surface area contributed by atoms with E-state index in [1.54, 1.807) is 11.0 Å². The highest BCUT2D eigenvalue weighted by Gasteiger charge is 2.37. The number of carbonyl (C=O) groups excluding carboxylic acids is 2. The van der Waals surface area contributed by atoms with Gasteiger partial charge in [0.15, 0.2) is 0 Å². The van der Waals surface area contributed by atoms with Crippen LogP contribution in [0.2, 0.25) is 0 Å². The topological polar surface area (TPSA) is 52.7 Å². The average molecular weight is 556 g/mol. The van der Waals surface area contributed by atoms with E-state index in [1.165, 1.54) is 12.1 Å². The Morgan fingerprint density at radius 2 is 1.28 bits per heavy atom. The fourth-order valence-corrected chi connectivity index (χ4v) is 4.98. The van der Waals surface area contributed by atoms with E-state index in [9.17, 15) is 35.9 Å². The summed E-state index contributed by atoms with van der Waals surface area (Å²) in [7, 11) is 0. The number of alkyl halides is 6. The zero-order chi connectivity index (χ0) is 28.5. The molecule has 0 bridgehead atoms. The summed E-state index contributed by atoms with van der Waals surface area (Å²) in [5.41, 5.74) is -2.79. The largest absolute Gasteiger partial charge is 0.416 e. The number of hydrogen-bond acceptors (Lipinski definition) is 3. The van der Waals surface area contributed by atoms with Crippen molar-refractivity contribution in [2.75, 3.05) is 36.4 Å². The number of piperidine rings is 2. The summed E-state index contributed by atoms with van der Waals surface area (Å²) in [5, 5.41) is 2.40. The van der Waals surface area contributed by atoms with Gasteiger partial charge in [-0.25, -0.2) is 0 Å². The van der Waals surface area contributed by atoms with Crippen molar-refractivity contribution in [1.82, 2.24) is 4.90 Å². The number of nitrogens with zero attached hydrogens (tertiary/aromatic N) is 2. The summed E-state index contributed by atoms with van der Waals surface area (Å²) in [4.78, 5) is 30.3. The number of rotatable bonds is 4. The van der Waals surface area contributed by atoms with Gasteiger partial charge in [-0.05, 0) is 73.9 Å². The molecule has 0 aliphatic carbocycles. The van der Waals surface area contributed by atoms with Gasteiger partial charge in [-0.1, -0.05) is 13.8 Å². The molecule has 0 aromatic heterocycles. The summed E-state index contributed by atoms with van der Waals surface area (Å²) in [5.74, 6) is -0.310. The fourth-order valence-electron chi connectivity index (χ4n) is 4.98. The molecule has 2 aliphatic rings. The molecule has 2 amide bonds. The number of likely N-dealkylation sites (tertiary alicyclic amines) is 1. The van der Waals surface area contributed by atoms with Gasteiger partial charge in [-0.2, -0.15) is 26.3 Å². The molecule has 2 saturated heterocycles. The lowest BCUT2D eigenvalue weighted by atomic mass is 9.96. The highest BCUT2D eigenvalue weighted by Crippen LogP contribution is 2.37. The fraction of sp³-hybridized carbons (Fsp3) is 0.500. The molecule has 1 N–H and O–H groups in total. The van der Waals surface area contributed by atoms with Gasteiger partial charge in [0.05, 0.1) is 16.7 Å². The van der Waals surface area contributed by atoms with Crippen LogP contribution in [0.15, 0.2) is 36.4 Å². The van der Waals surface area contributed by atoms with Crippen LogP contribution in [0.1, 0.15) is 71.4 Å². The number of amides is 2. The minimum atomic E-state index is -5.07. The molecular formula is C28H31F6N3O2. The van der Waals surface area contributed by atoms with E-state index in [1.807, 2.05) is 0 Å². The molecule has 2 aliphatic heterocycles. The summed E-state index contributed by atoms with van der Waals surface area (Å²) in [6, 6.07) is 5.39. The predicted molar refractivity (Wildman–Crippen MR) is 136 cm³/mol. The third kappa shape index (κ3) is 6.86. The van der Waals surface area contributed by atoms with Crippen LogP contribution in [-0.2, 0) is 12.4 Å². The number of benzene rings is 2. The van der Waals surface area contributed by atoms with E-state index < -0.39 is 35.0 Å². The Morgan fingerprint density at radius 1 is 0.769 bits per heavy atom. The van der Waals surface area contributed by atoms with Crippen LogP contribution in [0.4, 0.5) is 37.7 Å². The molecule has 11 heteroatoms. The van der Waals surface area contributed by atoms with Gasteiger partial charge in [0.2, 0.25) is 0 Å². The van der Waals surface area contributed by atoms with Crippen LogP contribution >= 0.6 is 0 Å². The van der Waals surface area contributed by atoms with Crippen molar-refractivity contribution in [3.05, 3.63) is 58.7 Å². The van der Waals surface area contributed by atoms with Gasteiger partial charge in [-0.15, -0.1) is 0 Å². The van der Waals surface area contributed by atoms with Gasteiger partial charge in [-0.3, -0.25) is 9.59 Å². The number of anilines is 2. The molecule has 2 heterocycles. The van der Waals surface area contributed by atoms with E-state index in [0.29, 0.717) is 48.3 Å². The minimum Gasteiger partial charge on any atom is -0.371 e. The normalized spacial score (nSPS) is 17.8. The Hall–Kier alpha value is -3.24. The van der Waals surface area contributed by atoms with Crippen molar-refractivity contribution in [2.45, 2.75) is 51.9 Å². The molecule has 0 radical (unpaired) electrons. The van der Waals surface area contributed by atoms with E-state index in [-0.39, 0.29) is 17.7 Å². The summed E-state index contributed by atoms with van der Waals surface area (Å²) in [6.45, 7) is 6.93. The maximum absolute atomic E-state index is 13.6. The molecule has 0 spiro atoms. The molecular weight excluding hydrogens is 524 g/mol. The Kier molecular flexibility index (Phi) is 8.18. The number of carbonyl (C=O) groups is 2. The Balaban J connectivity index is 1.66. The Morgan fingerprint density at radius 3 is 1.79 bits per heavy atom. The van der Waals surface area contributed by atoms with Gasteiger partial charge >= 0.3 is 12.4 Å². The molecule has 2 fully saturated rings. The van der Waals surface area contributed by atoms with Gasteiger partial charge in [0.1, 0.15) is 0 Å². The van der Waals surface area contributed by atoms with Crippen LogP contribution in [0.3, 0.4) is 0 Å². The van der Waals surface area contributed by atoms with Crippen LogP contribution in [0.25, 0.3) is 0 Å². The second kappa shape index (κ2) is 11.1. The molecule has 0 saturated carbocycles. The third-order valence-electron chi connectivity index (χ3n) is 7.53. The first-order chi connectivity index (χ1) is 18.2. The van der Waals surface area contributed by atoms with Crippen molar-refractivity contribution in [1.29, 1.82) is 0 Å². The lowest BCUT2D eigenvalue weighted by Gasteiger charge is -2.35. The van der Waals surface area contributed by atoms with Crippen molar-refractivity contribution in [2.24, 2.45) is 11.8 Å². The highest BCUT2D eigenvalue weighted by molar-refractivity contribution is 6.06. The zero-order valence-corrected chi connectivity index (χ0v) is 21.8. The molecule has 4 rings (SSSR count). The second-order valence-corrected chi connectivity index (χ2v) is 10.6. The molecule has 0 atom stereocenters. The molecule has 2 aromatic rings. The molecule has 212 valence electrons. The lowest BCUT2D eigenvalue weighted by molar-refractivity contribution is -0.143. The van der Waals surface area contributed by atoms with Crippen molar-refractivity contribution < 1.29 is 35.9 Å². The molecule has 5 nitrogen and oxygen atoms in total. The molecule has 2 aromatic carbocycles. The highest BCUT2D eigenvalue weighted by atomic mass is 19.4. The zero-order valence-electron chi connectivity index (χ0n) is 21.8. The predicted octanol–water partition coefficient (Wildman–Crippen LogP) is 7.08. The quantitative estimate of drug-likeness (QED) is 0.410. The monoisotopic (exact) mass is 555 g/mol. The average Bonchev–Trinajstić information content (AvgIpc) is 2.88. The summed E-state index contributed by atoms with van der Waals surface area (Å²) >= 11 is 0. The maximum atomic E-state index is 13.6. The number of hydrogen-bond donors (Lipinski definition) is 1. The van der Waals surface area contributed by atoms with Gasteiger partial charge in [0.25, 0.3) is 11.8 Å². The van der Waals surface area contributed by atoms with E-state index in [4.69, 9.17) is 0 Å². The van der Waals surface area contributed by atoms with Crippen LogP contribution in [-0.4, -0.2) is 42.9 Å². The lowest BCUT2D eigenvalue weighted by Crippen LogP contribution is -2.40. The van der Waals surface area contributed by atoms with Gasteiger partial charge in [0, 0.05) is 43.1 Å². The number of halogens is 6. The van der Waals surface area contributed by atoms with Crippen LogP contribution < -0.4 is 10.2 Å². The van der Waals surface area contributed by atoms with E-state index >= 15 is 0 Å². The van der Waals surface area contributed by atoms with E-state index in [0.717, 1.165) is 38.8 Å². The molecule has 39 heavy (non-hydrogen) atoms. The smallest absolute Gasteiger partial charge is 0.371 e. The van der Waals surface area contributed by atoms with E-state index in [2.05, 4.69) is 24.1 Å². The van der Waals surface area contributed by atoms with Crippen molar-refractivity contribution >= 4 is 23.2 Å². The summed E-state index contributed by atoms with van der Waals surface area (Å²) < 4.78 is 79.6. The Labute approximate surface area is 223 Å². The van der Waals surface area contributed by atoms with Crippen molar-refractivity contribution in [3.63, 3.8) is 0 Å². The Bertz CT molecular complexity index is 1180. The first kappa shape index (κ1) is 28.8. The molecule has 0 unspecified atom stereocenters. The first-order valence-electron chi connectivity index (χ1n) is 13.0. The standard InChI is InChI=1S/C28H31F6N3O2/c1-17-5-9-36(10-6-17)24-4-3-22(16-23(24)26(39)37-11-7-18(2)8-12-37)35-25(38)19-13-20(27(29,30)31)15-21(14-19)28(32,33)34/h3-4,13-18H,5-12H2,1-2H3,(H,35,38). The minimum absolute atomic E-state index is 0.0265. The third-order valence-corrected chi connectivity index (χ3v) is 7.53. The van der Waals surface area contributed by atoms with Crippen LogP contribution in [0.5, 0.6) is 0 Å². The number of nitrogens with one attached hydrogen (secondary N) is 1. The second-order valence-electron chi connectivity index (χ2n) is 10.6. The maximum Gasteiger partial charge on any atom is 0.416 e. The van der Waals surface area contributed by atoms with Gasteiger partial charge < -0.3 is 15.1 Å². The SMILES string of the molecule is CC1CCN(C(=O)c2cc(NC(=O)c3cc(C(F)(F)F)cc(C(F)(F)F)c3)ccc2N2CCC(C)CC2)CC1. The summed E-state index contributed by atoms with van der Waals surface area (Å²) in [6.07, 6.45) is -6.54.